The summed E-state index contributed by atoms with van der Waals surface area (Å²) in [7, 11) is 0. The van der Waals surface area contributed by atoms with E-state index in [1.165, 1.54) is 116 Å². The molecule has 0 aromatic carbocycles. The van der Waals surface area contributed by atoms with Crippen LogP contribution in [0.5, 0.6) is 0 Å². The molecule has 0 bridgehead atoms. The highest BCUT2D eigenvalue weighted by Crippen LogP contribution is 2.13. The van der Waals surface area contributed by atoms with Crippen LogP contribution in [0.4, 0.5) is 0 Å². The van der Waals surface area contributed by atoms with Gasteiger partial charge in [0, 0.05) is 25.4 Å². The van der Waals surface area contributed by atoms with E-state index in [0.29, 0.717) is 18.8 Å². The molecule has 0 rings (SSSR count). The molecule has 0 aliphatic heterocycles. The van der Waals surface area contributed by atoms with E-state index in [1.54, 1.807) is 0 Å². The summed E-state index contributed by atoms with van der Waals surface area (Å²) in [4.78, 5) is 24.7. The lowest BCUT2D eigenvalue weighted by atomic mass is 9.98. The van der Waals surface area contributed by atoms with Gasteiger partial charge in [0.15, 0.2) is 0 Å². The lowest BCUT2D eigenvalue weighted by Gasteiger charge is -2.22. The number of hydrogen-bond acceptors (Lipinski definition) is 2. The van der Waals surface area contributed by atoms with Gasteiger partial charge in [-0.05, 0) is 89.4 Å². The highest BCUT2D eigenvalue weighted by molar-refractivity contribution is 5.76. The van der Waals surface area contributed by atoms with Gasteiger partial charge in [-0.3, -0.25) is 9.59 Å². The molecule has 0 radical (unpaired) electrons. The molecule has 1 atom stereocenters. The van der Waals surface area contributed by atoms with Crippen LogP contribution < -0.4 is 10.6 Å². The molecule has 2 N–H and O–H groups in total. The van der Waals surface area contributed by atoms with Crippen molar-refractivity contribution in [1.29, 1.82) is 0 Å². The quantitative estimate of drug-likeness (QED) is 0.0569. The Labute approximate surface area is 275 Å². The third-order valence-corrected chi connectivity index (χ3v) is 8.75. The Balaban J connectivity index is 3.67. The van der Waals surface area contributed by atoms with Gasteiger partial charge in [0.2, 0.25) is 11.8 Å². The number of nitrogens with one attached hydrogen (secondary N) is 2. The Bertz CT molecular complexity index is 685. The van der Waals surface area contributed by atoms with Crippen molar-refractivity contribution in [3.05, 3.63) is 24.3 Å². The first-order valence-corrected chi connectivity index (χ1v) is 19.4. The minimum Gasteiger partial charge on any atom is -0.356 e. The first kappa shape index (κ1) is 42.4. The Kier molecular flexibility index (Phi) is 33.1. The Morgan fingerprint density at radius 2 is 0.909 bits per heavy atom. The molecule has 0 heterocycles. The van der Waals surface area contributed by atoms with Crippen LogP contribution in [0.2, 0.25) is 0 Å². The van der Waals surface area contributed by atoms with Gasteiger partial charge in [0.25, 0.3) is 0 Å². The lowest BCUT2D eigenvalue weighted by Crippen LogP contribution is -2.38. The van der Waals surface area contributed by atoms with Crippen LogP contribution in [-0.2, 0) is 9.59 Å². The fourth-order valence-corrected chi connectivity index (χ4v) is 5.66. The van der Waals surface area contributed by atoms with Crippen molar-refractivity contribution < 1.29 is 9.59 Å². The number of carbonyl (C=O) groups is 2. The largest absolute Gasteiger partial charge is 0.356 e. The molecule has 258 valence electrons. The van der Waals surface area contributed by atoms with Crippen molar-refractivity contribution >= 4 is 11.8 Å². The van der Waals surface area contributed by atoms with Gasteiger partial charge in [-0.15, -0.1) is 0 Å². The Morgan fingerprint density at radius 3 is 1.36 bits per heavy atom. The van der Waals surface area contributed by atoms with Crippen LogP contribution in [0.3, 0.4) is 0 Å². The van der Waals surface area contributed by atoms with Gasteiger partial charge >= 0.3 is 0 Å². The second-order valence-corrected chi connectivity index (χ2v) is 13.5. The van der Waals surface area contributed by atoms with E-state index in [-0.39, 0.29) is 17.9 Å². The topological polar surface area (TPSA) is 58.2 Å². The molecule has 44 heavy (non-hydrogen) atoms. The number of carbonyl (C=O) groups excluding carboxylic acids is 2. The first-order valence-electron chi connectivity index (χ1n) is 19.4. The minimum absolute atomic E-state index is 0.194. The van der Waals surface area contributed by atoms with Crippen molar-refractivity contribution in [3.63, 3.8) is 0 Å². The molecule has 0 aromatic heterocycles. The van der Waals surface area contributed by atoms with E-state index < -0.39 is 0 Å². The summed E-state index contributed by atoms with van der Waals surface area (Å²) < 4.78 is 0. The number of amides is 2. The molecule has 0 saturated heterocycles. The average molecular weight is 617 g/mol. The molecule has 0 spiro atoms. The molecule has 0 aromatic rings. The predicted octanol–water partition coefficient (Wildman–Crippen LogP) is 11.9. The minimum atomic E-state index is 0.194. The fraction of sp³-hybridized carbons (Fsp3) is 0.850. The van der Waals surface area contributed by atoms with Crippen LogP contribution in [-0.4, -0.2) is 24.4 Å². The number of allylic oxidation sites excluding steroid dienone is 4. The lowest BCUT2D eigenvalue weighted by molar-refractivity contribution is -0.122. The van der Waals surface area contributed by atoms with E-state index in [1.807, 2.05) is 0 Å². The SMILES string of the molecule is CCCCCC/C=C\CCCCCCCC(=O)NCCCC[C@H](NC(=O)CCCCCCC/C=C\CCCCCC)C(C)C. The standard InChI is InChI=1S/C40H76N2O2/c1-5-7-9-11-13-15-17-19-21-23-25-27-29-34-39(43)41-36-32-31-33-38(37(3)4)42-40(44)35-30-28-26-24-22-20-18-16-14-12-10-8-6-2/h15-18,37-38H,5-14,19-36H2,1-4H3,(H,41,43)(H,42,44)/b17-15-,18-16-/t38-/m0/s1. The summed E-state index contributed by atoms with van der Waals surface area (Å²) in [5.41, 5.74) is 0. The third kappa shape index (κ3) is 31.8. The summed E-state index contributed by atoms with van der Waals surface area (Å²) in [5.74, 6) is 0.830. The van der Waals surface area contributed by atoms with Crippen LogP contribution in [0.15, 0.2) is 24.3 Å². The van der Waals surface area contributed by atoms with Crippen molar-refractivity contribution in [1.82, 2.24) is 10.6 Å². The maximum Gasteiger partial charge on any atom is 0.220 e. The normalized spacial score (nSPS) is 12.5. The summed E-state index contributed by atoms with van der Waals surface area (Å²) in [6, 6.07) is 0.230. The highest BCUT2D eigenvalue weighted by atomic mass is 16.2. The van der Waals surface area contributed by atoms with Gasteiger partial charge in [0.05, 0.1) is 0 Å². The average Bonchev–Trinajstić information content (AvgIpc) is 3.00. The van der Waals surface area contributed by atoms with Crippen molar-refractivity contribution in [2.24, 2.45) is 5.92 Å². The molecule has 0 aliphatic carbocycles. The van der Waals surface area contributed by atoms with E-state index in [0.717, 1.165) is 51.5 Å². The van der Waals surface area contributed by atoms with Crippen LogP contribution >= 0.6 is 0 Å². The van der Waals surface area contributed by atoms with Gasteiger partial charge in [-0.25, -0.2) is 0 Å². The maximum absolute atomic E-state index is 12.5. The third-order valence-electron chi connectivity index (χ3n) is 8.75. The molecule has 0 unspecified atom stereocenters. The van der Waals surface area contributed by atoms with E-state index in [2.05, 4.69) is 62.6 Å². The second-order valence-electron chi connectivity index (χ2n) is 13.5. The smallest absolute Gasteiger partial charge is 0.220 e. The molecule has 4 nitrogen and oxygen atoms in total. The number of hydrogen-bond donors (Lipinski definition) is 2. The summed E-state index contributed by atoms with van der Waals surface area (Å²) in [6.07, 6.45) is 41.2. The zero-order valence-corrected chi connectivity index (χ0v) is 30.1. The monoisotopic (exact) mass is 617 g/mol. The van der Waals surface area contributed by atoms with Crippen LogP contribution in [0.25, 0.3) is 0 Å². The van der Waals surface area contributed by atoms with Crippen LogP contribution in [0.1, 0.15) is 201 Å². The highest BCUT2D eigenvalue weighted by Gasteiger charge is 2.15. The molecule has 4 heteroatoms. The Morgan fingerprint density at radius 1 is 0.500 bits per heavy atom. The van der Waals surface area contributed by atoms with Gasteiger partial charge < -0.3 is 10.6 Å². The zero-order valence-electron chi connectivity index (χ0n) is 30.1. The van der Waals surface area contributed by atoms with Gasteiger partial charge in [-0.2, -0.15) is 0 Å². The number of unbranched alkanes of at least 4 members (excludes halogenated alkanes) is 19. The van der Waals surface area contributed by atoms with Crippen LogP contribution in [0, 0.1) is 5.92 Å². The van der Waals surface area contributed by atoms with Gasteiger partial charge in [-0.1, -0.05) is 129 Å². The van der Waals surface area contributed by atoms with Crippen molar-refractivity contribution in [2.75, 3.05) is 6.54 Å². The van der Waals surface area contributed by atoms with E-state index in [4.69, 9.17) is 0 Å². The molecule has 0 fully saturated rings. The van der Waals surface area contributed by atoms with Gasteiger partial charge in [0.1, 0.15) is 0 Å². The maximum atomic E-state index is 12.5. The summed E-state index contributed by atoms with van der Waals surface area (Å²) in [6.45, 7) is 9.66. The number of rotatable bonds is 33. The van der Waals surface area contributed by atoms with E-state index >= 15 is 0 Å². The fourth-order valence-electron chi connectivity index (χ4n) is 5.66. The molecule has 0 aliphatic rings. The van der Waals surface area contributed by atoms with E-state index in [9.17, 15) is 9.59 Å². The Hall–Kier alpha value is -1.58. The molecule has 0 saturated carbocycles. The zero-order chi connectivity index (χ0) is 32.4. The first-order chi connectivity index (χ1) is 21.5. The molecular weight excluding hydrogens is 540 g/mol. The molecular formula is C40H76N2O2. The molecule has 2 amide bonds. The second kappa shape index (κ2) is 34.3. The van der Waals surface area contributed by atoms with Crippen molar-refractivity contribution in [3.8, 4) is 0 Å². The van der Waals surface area contributed by atoms with Crippen molar-refractivity contribution in [2.45, 2.75) is 207 Å². The summed E-state index contributed by atoms with van der Waals surface area (Å²) >= 11 is 0. The predicted molar refractivity (Wildman–Crippen MR) is 194 cm³/mol. The summed E-state index contributed by atoms with van der Waals surface area (Å²) in [5, 5.41) is 6.39.